The van der Waals surface area contributed by atoms with Gasteiger partial charge in [0.1, 0.15) is 0 Å². The lowest BCUT2D eigenvalue weighted by atomic mass is 10.1. The van der Waals surface area contributed by atoms with Gasteiger partial charge in [-0.2, -0.15) is 0 Å². The Morgan fingerprint density at radius 2 is 1.79 bits per heavy atom. The molecule has 0 bridgehead atoms. The van der Waals surface area contributed by atoms with E-state index in [0.29, 0.717) is 29.8 Å². The Morgan fingerprint density at radius 3 is 2.45 bits per heavy atom. The van der Waals surface area contributed by atoms with Crippen molar-refractivity contribution >= 4 is 23.4 Å². The van der Waals surface area contributed by atoms with Crippen LogP contribution in [0.25, 0.3) is 0 Å². The van der Waals surface area contributed by atoms with E-state index in [4.69, 9.17) is 0 Å². The number of likely N-dealkylation sites (tertiary alicyclic amines) is 1. The van der Waals surface area contributed by atoms with Crippen LogP contribution in [0.2, 0.25) is 0 Å². The summed E-state index contributed by atoms with van der Waals surface area (Å²) in [6, 6.07) is 14.2. The third-order valence-electron chi connectivity index (χ3n) is 5.17. The number of nitrogens with one attached hydrogen (secondary N) is 2. The van der Waals surface area contributed by atoms with E-state index in [1.165, 1.54) is 0 Å². The molecule has 0 spiro atoms. The molecule has 3 rings (SSSR count). The van der Waals surface area contributed by atoms with Crippen molar-refractivity contribution < 1.29 is 14.4 Å². The van der Waals surface area contributed by atoms with Crippen LogP contribution in [0.3, 0.4) is 0 Å². The second kappa shape index (κ2) is 9.37. The fourth-order valence-electron chi connectivity index (χ4n) is 3.24. The third kappa shape index (κ3) is 5.22. The highest BCUT2D eigenvalue weighted by Crippen LogP contribution is 2.18. The van der Waals surface area contributed by atoms with E-state index in [1.54, 1.807) is 36.4 Å². The molecule has 2 N–H and O–H groups in total. The maximum absolute atomic E-state index is 12.7. The van der Waals surface area contributed by atoms with E-state index in [9.17, 15) is 14.4 Å². The number of rotatable bonds is 7. The zero-order chi connectivity index (χ0) is 20.8. The highest BCUT2D eigenvalue weighted by Gasteiger charge is 2.20. The quantitative estimate of drug-likeness (QED) is 0.755. The first-order valence-corrected chi connectivity index (χ1v) is 10.1. The highest BCUT2D eigenvalue weighted by atomic mass is 16.2. The van der Waals surface area contributed by atoms with Crippen LogP contribution >= 0.6 is 0 Å². The van der Waals surface area contributed by atoms with Crippen LogP contribution in [0.1, 0.15) is 59.4 Å². The average molecular weight is 393 g/mol. The molecule has 1 heterocycles. The Bertz CT molecular complexity index is 892. The zero-order valence-electron chi connectivity index (χ0n) is 16.9. The van der Waals surface area contributed by atoms with Gasteiger partial charge in [-0.15, -0.1) is 0 Å². The summed E-state index contributed by atoms with van der Waals surface area (Å²) in [4.78, 5) is 38.8. The molecule has 1 saturated heterocycles. The van der Waals surface area contributed by atoms with Crippen molar-refractivity contribution in [2.24, 2.45) is 0 Å². The van der Waals surface area contributed by atoms with Gasteiger partial charge in [-0.05, 0) is 49.6 Å². The summed E-state index contributed by atoms with van der Waals surface area (Å²) in [5, 5.41) is 5.76. The molecule has 1 atom stereocenters. The molecule has 1 aliphatic rings. The smallest absolute Gasteiger partial charge is 0.255 e. The van der Waals surface area contributed by atoms with E-state index in [1.807, 2.05) is 30.9 Å². The van der Waals surface area contributed by atoms with Crippen molar-refractivity contribution in [3.05, 3.63) is 65.2 Å². The molecular weight excluding hydrogens is 366 g/mol. The van der Waals surface area contributed by atoms with Gasteiger partial charge in [-0.3, -0.25) is 14.4 Å². The van der Waals surface area contributed by atoms with Crippen LogP contribution < -0.4 is 10.6 Å². The second-order valence-corrected chi connectivity index (χ2v) is 7.40. The summed E-state index contributed by atoms with van der Waals surface area (Å²) >= 11 is 0. The molecule has 2 aromatic rings. The van der Waals surface area contributed by atoms with Crippen molar-refractivity contribution in [1.29, 1.82) is 0 Å². The maximum atomic E-state index is 12.7. The van der Waals surface area contributed by atoms with Crippen LogP contribution in [-0.4, -0.2) is 35.2 Å². The molecule has 0 radical (unpaired) electrons. The van der Waals surface area contributed by atoms with Gasteiger partial charge in [-0.1, -0.05) is 31.2 Å². The molecule has 29 heavy (non-hydrogen) atoms. The van der Waals surface area contributed by atoms with Gasteiger partial charge < -0.3 is 15.5 Å². The van der Waals surface area contributed by atoms with Crippen molar-refractivity contribution in [3.63, 3.8) is 0 Å². The topological polar surface area (TPSA) is 78.5 Å². The van der Waals surface area contributed by atoms with E-state index in [0.717, 1.165) is 24.9 Å². The number of hydrogen-bond donors (Lipinski definition) is 2. The molecule has 1 fully saturated rings. The lowest BCUT2D eigenvalue weighted by Gasteiger charge is -2.16. The Labute approximate surface area is 171 Å². The van der Waals surface area contributed by atoms with E-state index in [2.05, 4.69) is 10.6 Å². The number of carbonyl (C=O) groups excluding carboxylic acids is 3. The molecule has 0 unspecified atom stereocenters. The third-order valence-corrected chi connectivity index (χ3v) is 5.17. The fourth-order valence-corrected chi connectivity index (χ4v) is 3.24. The van der Waals surface area contributed by atoms with Crippen molar-refractivity contribution in [3.8, 4) is 0 Å². The van der Waals surface area contributed by atoms with Gasteiger partial charge in [-0.25, -0.2) is 0 Å². The molecule has 6 nitrogen and oxygen atoms in total. The van der Waals surface area contributed by atoms with Crippen molar-refractivity contribution in [2.45, 2.75) is 45.7 Å². The first-order valence-electron chi connectivity index (χ1n) is 10.1. The van der Waals surface area contributed by atoms with Gasteiger partial charge in [0, 0.05) is 31.1 Å². The lowest BCUT2D eigenvalue weighted by molar-refractivity contribution is -0.128. The predicted octanol–water partition coefficient (Wildman–Crippen LogP) is 3.59. The molecule has 0 saturated carbocycles. The first kappa shape index (κ1) is 20.6. The summed E-state index contributed by atoms with van der Waals surface area (Å²) in [5.41, 5.74) is 2.40. The zero-order valence-corrected chi connectivity index (χ0v) is 16.9. The van der Waals surface area contributed by atoms with E-state index < -0.39 is 0 Å². The van der Waals surface area contributed by atoms with Gasteiger partial charge in [0.05, 0.1) is 11.3 Å². The van der Waals surface area contributed by atoms with Crippen LogP contribution in [0.15, 0.2) is 48.5 Å². The lowest BCUT2D eigenvalue weighted by Crippen LogP contribution is -2.32. The molecule has 152 valence electrons. The number of benzene rings is 2. The maximum Gasteiger partial charge on any atom is 0.255 e. The normalized spacial score (nSPS) is 14.6. The number of para-hydroxylation sites is 1. The molecule has 6 heteroatoms. The van der Waals surface area contributed by atoms with Crippen LogP contribution in [0, 0.1) is 0 Å². The van der Waals surface area contributed by atoms with Gasteiger partial charge in [0.2, 0.25) is 5.91 Å². The second-order valence-electron chi connectivity index (χ2n) is 7.40. The number of amides is 3. The summed E-state index contributed by atoms with van der Waals surface area (Å²) in [6.45, 7) is 5.30. The van der Waals surface area contributed by atoms with Gasteiger partial charge in [0.15, 0.2) is 0 Å². The van der Waals surface area contributed by atoms with Crippen molar-refractivity contribution in [1.82, 2.24) is 10.2 Å². The Hall–Kier alpha value is -3.15. The molecule has 1 aliphatic heterocycles. The number of hydrogen-bond acceptors (Lipinski definition) is 3. The highest BCUT2D eigenvalue weighted by molar-refractivity contribution is 6.09. The van der Waals surface area contributed by atoms with Crippen LogP contribution in [0.4, 0.5) is 5.69 Å². The predicted molar refractivity (Wildman–Crippen MR) is 113 cm³/mol. The Kier molecular flexibility index (Phi) is 6.65. The molecule has 2 aromatic carbocycles. The van der Waals surface area contributed by atoms with Gasteiger partial charge >= 0.3 is 0 Å². The molecule has 3 amide bonds. The summed E-state index contributed by atoms with van der Waals surface area (Å²) in [7, 11) is 0. The van der Waals surface area contributed by atoms with Crippen molar-refractivity contribution in [2.75, 3.05) is 11.9 Å². The van der Waals surface area contributed by atoms with Crippen LogP contribution in [0.5, 0.6) is 0 Å². The minimum absolute atomic E-state index is 0.0568. The number of anilines is 1. The minimum atomic E-state index is -0.280. The summed E-state index contributed by atoms with van der Waals surface area (Å²) < 4.78 is 0. The summed E-state index contributed by atoms with van der Waals surface area (Å²) in [5.74, 6) is -0.308. The van der Waals surface area contributed by atoms with E-state index >= 15 is 0 Å². The summed E-state index contributed by atoms with van der Waals surface area (Å²) in [6.07, 6.45) is 2.35. The Morgan fingerprint density at radius 1 is 1.07 bits per heavy atom. The SMILES string of the molecule is CC[C@@H](C)NC(=O)c1ccccc1NC(=O)c1ccc(CN2CCCC2=O)cc1. The minimum Gasteiger partial charge on any atom is -0.350 e. The fraction of sp³-hybridized carbons (Fsp3) is 0.348. The molecule has 0 aromatic heterocycles. The number of carbonyl (C=O) groups is 3. The monoisotopic (exact) mass is 393 g/mol. The largest absolute Gasteiger partial charge is 0.350 e. The molecule has 0 aliphatic carbocycles. The van der Waals surface area contributed by atoms with E-state index in [-0.39, 0.29) is 23.8 Å². The Balaban J connectivity index is 1.67. The average Bonchev–Trinajstić information content (AvgIpc) is 3.13. The molecular formula is C23H27N3O3. The number of nitrogens with zero attached hydrogens (tertiary/aromatic N) is 1. The van der Waals surface area contributed by atoms with Crippen LogP contribution in [-0.2, 0) is 11.3 Å². The standard InChI is InChI=1S/C23H27N3O3/c1-3-16(2)24-23(29)19-7-4-5-8-20(19)25-22(28)18-12-10-17(11-13-18)15-26-14-6-9-21(26)27/h4-5,7-8,10-13,16H,3,6,9,14-15H2,1-2H3,(H,24,29)(H,25,28)/t16-/m1/s1. The first-order chi connectivity index (χ1) is 14.0. The van der Waals surface area contributed by atoms with Gasteiger partial charge in [0.25, 0.3) is 11.8 Å².